The topological polar surface area (TPSA) is 50.4 Å². The van der Waals surface area contributed by atoms with Gasteiger partial charge in [-0.1, -0.05) is 25.1 Å². The molecule has 3 unspecified atom stereocenters. The predicted octanol–water partition coefficient (Wildman–Crippen LogP) is 2.26. The van der Waals surface area contributed by atoms with E-state index in [1.54, 1.807) is 0 Å². The van der Waals surface area contributed by atoms with Gasteiger partial charge in [0, 0.05) is 12.0 Å². The summed E-state index contributed by atoms with van der Waals surface area (Å²) in [6.45, 7) is 4.90. The van der Waals surface area contributed by atoms with E-state index in [1.807, 2.05) is 24.3 Å². The molecule has 1 aromatic rings. The van der Waals surface area contributed by atoms with Crippen molar-refractivity contribution < 1.29 is 9.53 Å². The van der Waals surface area contributed by atoms with Crippen LogP contribution < -0.4 is 15.4 Å². The van der Waals surface area contributed by atoms with Crippen molar-refractivity contribution >= 4 is 5.91 Å². The molecule has 2 aliphatic rings. The van der Waals surface area contributed by atoms with Crippen LogP contribution in [0, 0.1) is 11.8 Å². The molecule has 114 valence electrons. The van der Waals surface area contributed by atoms with Gasteiger partial charge in [-0.3, -0.25) is 4.79 Å². The van der Waals surface area contributed by atoms with Crippen LogP contribution in [0.1, 0.15) is 37.8 Å². The summed E-state index contributed by atoms with van der Waals surface area (Å²) in [7, 11) is 0. The Labute approximate surface area is 126 Å². The average molecular weight is 288 g/mol. The maximum Gasteiger partial charge on any atom is 0.220 e. The molecule has 2 N–H and O–H groups in total. The van der Waals surface area contributed by atoms with Crippen molar-refractivity contribution in [1.82, 2.24) is 10.6 Å². The average Bonchev–Trinajstić information content (AvgIpc) is 2.91. The first-order chi connectivity index (χ1) is 10.2. The van der Waals surface area contributed by atoms with Crippen LogP contribution >= 0.6 is 0 Å². The van der Waals surface area contributed by atoms with Crippen LogP contribution in [0.2, 0.25) is 0 Å². The molecule has 1 saturated heterocycles. The van der Waals surface area contributed by atoms with Crippen molar-refractivity contribution in [2.75, 3.05) is 19.7 Å². The number of piperidine rings is 1. The van der Waals surface area contributed by atoms with E-state index >= 15 is 0 Å². The number of carbonyl (C=O) groups is 1. The highest BCUT2D eigenvalue weighted by atomic mass is 16.5. The molecule has 3 atom stereocenters. The number of hydrogen-bond acceptors (Lipinski definition) is 3. The van der Waals surface area contributed by atoms with Crippen molar-refractivity contribution in [3.8, 4) is 5.75 Å². The summed E-state index contributed by atoms with van der Waals surface area (Å²) in [5, 5.41) is 6.54. The van der Waals surface area contributed by atoms with Gasteiger partial charge in [0.1, 0.15) is 12.4 Å². The maximum absolute atomic E-state index is 12.3. The summed E-state index contributed by atoms with van der Waals surface area (Å²) in [5.41, 5.74) is 1.10. The lowest BCUT2D eigenvalue weighted by molar-refractivity contribution is -0.123. The number of ether oxygens (including phenoxy) is 1. The largest absolute Gasteiger partial charge is 0.491 e. The molecule has 0 aromatic heterocycles. The van der Waals surface area contributed by atoms with Crippen LogP contribution in [-0.2, 0) is 4.79 Å². The summed E-state index contributed by atoms with van der Waals surface area (Å²) in [5.74, 6) is 2.08. The normalized spacial score (nSPS) is 25.8. The fourth-order valence-electron chi connectivity index (χ4n) is 3.36. The first kappa shape index (κ1) is 14.4. The van der Waals surface area contributed by atoms with Gasteiger partial charge >= 0.3 is 0 Å². The molecule has 2 heterocycles. The molecule has 2 aliphatic heterocycles. The van der Waals surface area contributed by atoms with E-state index in [1.165, 1.54) is 12.8 Å². The predicted molar refractivity (Wildman–Crippen MR) is 82.2 cm³/mol. The van der Waals surface area contributed by atoms with Gasteiger partial charge in [0.2, 0.25) is 5.91 Å². The van der Waals surface area contributed by atoms with Crippen LogP contribution in [0.3, 0.4) is 0 Å². The zero-order valence-corrected chi connectivity index (χ0v) is 12.6. The van der Waals surface area contributed by atoms with Gasteiger partial charge in [0.25, 0.3) is 0 Å². The Morgan fingerprint density at radius 3 is 3.14 bits per heavy atom. The highest BCUT2D eigenvalue weighted by molar-refractivity contribution is 5.77. The molecule has 0 spiro atoms. The fourth-order valence-corrected chi connectivity index (χ4v) is 3.36. The number of hydrogen-bond donors (Lipinski definition) is 2. The van der Waals surface area contributed by atoms with Crippen molar-refractivity contribution in [3.63, 3.8) is 0 Å². The fraction of sp³-hybridized carbons (Fsp3) is 0.588. The lowest BCUT2D eigenvalue weighted by Gasteiger charge is -2.28. The molecule has 3 rings (SSSR count). The van der Waals surface area contributed by atoms with Gasteiger partial charge in [-0.05, 0) is 43.8 Å². The first-order valence-electron chi connectivity index (χ1n) is 7.96. The summed E-state index contributed by atoms with van der Waals surface area (Å²) in [6.07, 6.45) is 3.06. The number of nitrogens with one attached hydrogen (secondary N) is 2. The molecule has 4 nitrogen and oxygen atoms in total. The zero-order chi connectivity index (χ0) is 14.7. The van der Waals surface area contributed by atoms with Gasteiger partial charge in [-0.15, -0.1) is 0 Å². The summed E-state index contributed by atoms with van der Waals surface area (Å²) < 4.78 is 5.61. The van der Waals surface area contributed by atoms with Gasteiger partial charge < -0.3 is 15.4 Å². The molecule has 0 saturated carbocycles. The number of rotatable bonds is 4. The Bertz CT molecular complexity index is 497. The summed E-state index contributed by atoms with van der Waals surface area (Å²) in [4.78, 5) is 12.3. The van der Waals surface area contributed by atoms with E-state index in [2.05, 4.69) is 17.6 Å². The molecule has 21 heavy (non-hydrogen) atoms. The van der Waals surface area contributed by atoms with Crippen LogP contribution in [0.15, 0.2) is 24.3 Å². The molecule has 1 fully saturated rings. The Kier molecular flexibility index (Phi) is 4.44. The Balaban J connectivity index is 1.53. The SMILES string of the molecule is CC(CC(=O)NC1COc2ccccc21)C1CCCNC1. The van der Waals surface area contributed by atoms with Crippen LogP contribution in [0.5, 0.6) is 5.75 Å². The molecule has 1 aromatic carbocycles. The maximum atomic E-state index is 12.3. The Hall–Kier alpha value is -1.55. The first-order valence-corrected chi connectivity index (χ1v) is 7.96. The molecule has 0 aliphatic carbocycles. The number of amides is 1. The Morgan fingerprint density at radius 1 is 1.48 bits per heavy atom. The van der Waals surface area contributed by atoms with E-state index < -0.39 is 0 Å². The van der Waals surface area contributed by atoms with Crippen LogP contribution in [0.4, 0.5) is 0 Å². The molecular formula is C17H24N2O2. The van der Waals surface area contributed by atoms with Crippen molar-refractivity contribution in [2.45, 2.75) is 32.2 Å². The quantitative estimate of drug-likeness (QED) is 0.893. The van der Waals surface area contributed by atoms with Crippen LogP contribution in [-0.4, -0.2) is 25.6 Å². The summed E-state index contributed by atoms with van der Waals surface area (Å²) >= 11 is 0. The van der Waals surface area contributed by atoms with E-state index in [0.29, 0.717) is 24.9 Å². The van der Waals surface area contributed by atoms with E-state index in [9.17, 15) is 4.79 Å². The molecule has 4 heteroatoms. The van der Waals surface area contributed by atoms with Gasteiger partial charge in [0.05, 0.1) is 6.04 Å². The van der Waals surface area contributed by atoms with E-state index in [4.69, 9.17) is 4.74 Å². The lowest BCUT2D eigenvalue weighted by Crippen LogP contribution is -2.36. The molecule has 1 amide bonds. The van der Waals surface area contributed by atoms with Crippen molar-refractivity contribution in [1.29, 1.82) is 0 Å². The zero-order valence-electron chi connectivity index (χ0n) is 12.6. The number of benzene rings is 1. The second kappa shape index (κ2) is 6.48. The van der Waals surface area contributed by atoms with Crippen LogP contribution in [0.25, 0.3) is 0 Å². The van der Waals surface area contributed by atoms with Gasteiger partial charge in [-0.25, -0.2) is 0 Å². The van der Waals surface area contributed by atoms with Gasteiger partial charge in [-0.2, -0.15) is 0 Å². The molecular weight excluding hydrogens is 264 g/mol. The highest BCUT2D eigenvalue weighted by Crippen LogP contribution is 2.32. The lowest BCUT2D eigenvalue weighted by atomic mass is 9.85. The molecule has 0 bridgehead atoms. The van der Waals surface area contributed by atoms with E-state index in [0.717, 1.165) is 24.4 Å². The number of carbonyl (C=O) groups excluding carboxylic acids is 1. The minimum Gasteiger partial charge on any atom is -0.491 e. The third-order valence-electron chi connectivity index (χ3n) is 4.68. The highest BCUT2D eigenvalue weighted by Gasteiger charge is 2.27. The third-order valence-corrected chi connectivity index (χ3v) is 4.68. The smallest absolute Gasteiger partial charge is 0.220 e. The second-order valence-electron chi connectivity index (χ2n) is 6.26. The minimum absolute atomic E-state index is 0.00498. The second-order valence-corrected chi connectivity index (χ2v) is 6.26. The summed E-state index contributed by atoms with van der Waals surface area (Å²) in [6, 6.07) is 7.94. The number of fused-ring (bicyclic) bond motifs is 1. The standard InChI is InChI=1S/C17H24N2O2/c1-12(13-5-4-8-18-10-13)9-17(20)19-15-11-21-16-7-3-2-6-14(15)16/h2-3,6-7,12-13,15,18H,4-5,8-11H2,1H3,(H,19,20). The molecule has 0 radical (unpaired) electrons. The Morgan fingerprint density at radius 2 is 2.33 bits per heavy atom. The number of para-hydroxylation sites is 1. The van der Waals surface area contributed by atoms with Crippen molar-refractivity contribution in [3.05, 3.63) is 29.8 Å². The van der Waals surface area contributed by atoms with Gasteiger partial charge in [0.15, 0.2) is 0 Å². The van der Waals surface area contributed by atoms with E-state index in [-0.39, 0.29) is 11.9 Å². The third kappa shape index (κ3) is 3.38. The van der Waals surface area contributed by atoms with Crippen molar-refractivity contribution in [2.24, 2.45) is 11.8 Å². The minimum atomic E-state index is 0.00498. The monoisotopic (exact) mass is 288 g/mol.